The zero-order valence-corrected chi connectivity index (χ0v) is 12.8. The van der Waals surface area contributed by atoms with Crippen molar-refractivity contribution in [1.29, 1.82) is 0 Å². The second-order valence-corrected chi connectivity index (χ2v) is 5.48. The van der Waals surface area contributed by atoms with Crippen molar-refractivity contribution in [3.05, 3.63) is 46.6 Å². The van der Waals surface area contributed by atoms with E-state index in [-0.39, 0.29) is 11.6 Å². The molecule has 0 bridgehead atoms. The molecule has 6 heteroatoms. The largest absolute Gasteiger partial charge is 0.434 e. The van der Waals surface area contributed by atoms with Crippen molar-refractivity contribution in [1.82, 2.24) is 15.3 Å². The molecule has 0 atom stereocenters. The first kappa shape index (κ1) is 14.9. The van der Waals surface area contributed by atoms with Gasteiger partial charge in [0, 0.05) is 23.3 Å². The molecule has 1 heterocycles. The van der Waals surface area contributed by atoms with Crippen LogP contribution in [0.3, 0.4) is 0 Å². The molecule has 0 aliphatic carbocycles. The van der Waals surface area contributed by atoms with Crippen LogP contribution >= 0.6 is 15.9 Å². The Morgan fingerprint density at radius 1 is 1.35 bits per heavy atom. The third kappa shape index (κ3) is 4.25. The maximum atomic E-state index is 13.6. The summed E-state index contributed by atoms with van der Waals surface area (Å²) in [6, 6.07) is 4.84. The van der Waals surface area contributed by atoms with Crippen LogP contribution in [0, 0.1) is 5.82 Å². The van der Waals surface area contributed by atoms with Gasteiger partial charge >= 0.3 is 0 Å². The van der Waals surface area contributed by atoms with Gasteiger partial charge in [-0.2, -0.15) is 0 Å². The van der Waals surface area contributed by atoms with Crippen LogP contribution in [0.4, 0.5) is 4.39 Å². The van der Waals surface area contributed by atoms with Crippen molar-refractivity contribution < 1.29 is 9.13 Å². The molecule has 1 aromatic heterocycles. The fourth-order valence-corrected chi connectivity index (χ4v) is 1.84. The first-order valence-electron chi connectivity index (χ1n) is 6.22. The van der Waals surface area contributed by atoms with E-state index in [1.54, 1.807) is 18.3 Å². The Hall–Kier alpha value is -1.53. The molecule has 0 unspecified atom stereocenters. The second-order valence-electron chi connectivity index (χ2n) is 4.56. The van der Waals surface area contributed by atoms with Gasteiger partial charge in [-0.1, -0.05) is 29.8 Å². The predicted octanol–water partition coefficient (Wildman–Crippen LogP) is 3.67. The van der Waals surface area contributed by atoms with Crippen molar-refractivity contribution in [2.75, 3.05) is 0 Å². The Kier molecular flexibility index (Phi) is 5.03. The highest BCUT2D eigenvalue weighted by Gasteiger charge is 2.07. The highest BCUT2D eigenvalue weighted by molar-refractivity contribution is 9.10. The van der Waals surface area contributed by atoms with Crippen molar-refractivity contribution in [3.8, 4) is 11.6 Å². The molecule has 0 amide bonds. The van der Waals surface area contributed by atoms with E-state index >= 15 is 0 Å². The molecule has 0 aliphatic rings. The number of aromatic nitrogens is 2. The highest BCUT2D eigenvalue weighted by atomic mass is 79.9. The fraction of sp³-hybridized carbons (Fsp3) is 0.286. The lowest BCUT2D eigenvalue weighted by atomic mass is 10.3. The minimum Gasteiger partial charge on any atom is -0.434 e. The zero-order valence-electron chi connectivity index (χ0n) is 11.2. The number of hydrogen-bond donors (Lipinski definition) is 1. The predicted molar refractivity (Wildman–Crippen MR) is 78.2 cm³/mol. The maximum absolute atomic E-state index is 13.6. The SMILES string of the molecule is CC(C)NCc1cncc(Oc2cc(Br)ccc2F)n1. The van der Waals surface area contributed by atoms with Crippen LogP contribution < -0.4 is 10.1 Å². The molecule has 2 aromatic rings. The lowest BCUT2D eigenvalue weighted by Crippen LogP contribution is -2.22. The van der Waals surface area contributed by atoms with E-state index in [0.717, 1.165) is 10.2 Å². The molecule has 2 rings (SSSR count). The third-order valence-electron chi connectivity index (χ3n) is 2.46. The Morgan fingerprint density at radius 3 is 2.90 bits per heavy atom. The van der Waals surface area contributed by atoms with E-state index < -0.39 is 5.82 Å². The quantitative estimate of drug-likeness (QED) is 0.902. The van der Waals surface area contributed by atoms with E-state index in [1.807, 2.05) is 13.8 Å². The van der Waals surface area contributed by atoms with Crippen LogP contribution in [0.25, 0.3) is 0 Å². The molecule has 0 spiro atoms. The summed E-state index contributed by atoms with van der Waals surface area (Å²) >= 11 is 3.27. The molecule has 1 aromatic carbocycles. The summed E-state index contributed by atoms with van der Waals surface area (Å²) in [6.45, 7) is 4.68. The van der Waals surface area contributed by atoms with Crippen molar-refractivity contribution in [3.63, 3.8) is 0 Å². The van der Waals surface area contributed by atoms with Gasteiger partial charge in [0.15, 0.2) is 11.6 Å². The number of rotatable bonds is 5. The average molecular weight is 340 g/mol. The van der Waals surface area contributed by atoms with Crippen LogP contribution in [-0.4, -0.2) is 16.0 Å². The van der Waals surface area contributed by atoms with E-state index in [1.165, 1.54) is 12.3 Å². The summed E-state index contributed by atoms with van der Waals surface area (Å²) in [5.41, 5.74) is 0.742. The van der Waals surface area contributed by atoms with Gasteiger partial charge in [-0.3, -0.25) is 4.98 Å². The first-order chi connectivity index (χ1) is 9.54. The molecule has 20 heavy (non-hydrogen) atoms. The summed E-state index contributed by atoms with van der Waals surface area (Å²) in [6.07, 6.45) is 3.11. The van der Waals surface area contributed by atoms with Crippen LogP contribution in [0.5, 0.6) is 11.6 Å². The van der Waals surface area contributed by atoms with Gasteiger partial charge in [0.25, 0.3) is 0 Å². The van der Waals surface area contributed by atoms with Gasteiger partial charge in [-0.25, -0.2) is 9.37 Å². The lowest BCUT2D eigenvalue weighted by molar-refractivity contribution is 0.422. The van der Waals surface area contributed by atoms with Crippen LogP contribution in [-0.2, 0) is 6.54 Å². The van der Waals surface area contributed by atoms with Gasteiger partial charge in [0.05, 0.1) is 11.9 Å². The second kappa shape index (κ2) is 6.76. The van der Waals surface area contributed by atoms with Gasteiger partial charge in [-0.15, -0.1) is 0 Å². The van der Waals surface area contributed by atoms with Gasteiger partial charge in [-0.05, 0) is 18.2 Å². The Labute approximate surface area is 125 Å². The van der Waals surface area contributed by atoms with Crippen molar-refractivity contribution in [2.45, 2.75) is 26.4 Å². The van der Waals surface area contributed by atoms with Gasteiger partial charge in [0.2, 0.25) is 5.88 Å². The van der Waals surface area contributed by atoms with Crippen molar-refractivity contribution in [2.24, 2.45) is 0 Å². The first-order valence-corrected chi connectivity index (χ1v) is 7.01. The molecular weight excluding hydrogens is 325 g/mol. The van der Waals surface area contributed by atoms with Gasteiger partial charge < -0.3 is 10.1 Å². The number of benzene rings is 1. The summed E-state index contributed by atoms with van der Waals surface area (Å²) in [7, 11) is 0. The Bertz CT molecular complexity index is 592. The van der Waals surface area contributed by atoms with E-state index in [0.29, 0.717) is 12.6 Å². The van der Waals surface area contributed by atoms with Crippen LogP contribution in [0.2, 0.25) is 0 Å². The molecule has 0 saturated heterocycles. The topological polar surface area (TPSA) is 47.0 Å². The monoisotopic (exact) mass is 339 g/mol. The number of hydrogen-bond acceptors (Lipinski definition) is 4. The van der Waals surface area contributed by atoms with Crippen molar-refractivity contribution >= 4 is 15.9 Å². The number of ether oxygens (including phenoxy) is 1. The zero-order chi connectivity index (χ0) is 14.5. The summed E-state index contributed by atoms with van der Waals surface area (Å²) in [5, 5.41) is 3.23. The molecule has 106 valence electrons. The maximum Gasteiger partial charge on any atom is 0.238 e. The molecule has 4 nitrogen and oxygen atoms in total. The number of nitrogens with zero attached hydrogens (tertiary/aromatic N) is 2. The molecule has 0 saturated carbocycles. The molecule has 1 N–H and O–H groups in total. The fourth-order valence-electron chi connectivity index (χ4n) is 1.50. The normalized spacial score (nSPS) is 10.8. The lowest BCUT2D eigenvalue weighted by Gasteiger charge is -2.09. The average Bonchev–Trinajstić information content (AvgIpc) is 2.41. The van der Waals surface area contributed by atoms with Gasteiger partial charge in [0.1, 0.15) is 0 Å². The Balaban J connectivity index is 2.13. The molecular formula is C14H15BrFN3O. The minimum atomic E-state index is -0.444. The Morgan fingerprint density at radius 2 is 2.15 bits per heavy atom. The third-order valence-corrected chi connectivity index (χ3v) is 2.95. The smallest absolute Gasteiger partial charge is 0.238 e. The highest BCUT2D eigenvalue weighted by Crippen LogP contribution is 2.26. The molecule has 0 radical (unpaired) electrons. The number of nitrogens with one attached hydrogen (secondary N) is 1. The molecule has 0 aliphatic heterocycles. The summed E-state index contributed by atoms with van der Waals surface area (Å²) in [5.74, 6) is -0.0617. The standard InChI is InChI=1S/C14H15BrFN3O/c1-9(2)18-7-11-6-17-8-14(19-11)20-13-5-10(15)3-4-12(13)16/h3-6,8-9,18H,7H2,1-2H3. The van der Waals surface area contributed by atoms with Crippen LogP contribution in [0.1, 0.15) is 19.5 Å². The van der Waals surface area contributed by atoms with E-state index in [4.69, 9.17) is 4.74 Å². The molecule has 0 fully saturated rings. The van der Waals surface area contributed by atoms with Crippen LogP contribution in [0.15, 0.2) is 35.1 Å². The van der Waals surface area contributed by atoms with E-state index in [2.05, 4.69) is 31.2 Å². The summed E-state index contributed by atoms with van der Waals surface area (Å²) in [4.78, 5) is 8.33. The minimum absolute atomic E-state index is 0.114. The van der Waals surface area contributed by atoms with E-state index in [9.17, 15) is 4.39 Å². The number of halogens is 2. The summed E-state index contributed by atoms with van der Waals surface area (Å²) < 4.78 is 19.8.